The van der Waals surface area contributed by atoms with Gasteiger partial charge in [-0.2, -0.15) is 0 Å². The number of aromatic nitrogens is 4. The maximum atomic E-state index is 14.6. The Balaban J connectivity index is 1.12. The highest BCUT2D eigenvalue weighted by molar-refractivity contribution is 6.31. The zero-order valence-corrected chi connectivity index (χ0v) is 20.5. The van der Waals surface area contributed by atoms with Crippen molar-refractivity contribution in [2.24, 2.45) is 5.92 Å². The number of ether oxygens (including phenoxy) is 2. The maximum absolute atomic E-state index is 14.6. The first-order valence-electron chi connectivity index (χ1n) is 12.0. The fourth-order valence-electron chi connectivity index (χ4n) is 5.03. The van der Waals surface area contributed by atoms with Gasteiger partial charge in [-0.3, -0.25) is 4.90 Å². The van der Waals surface area contributed by atoms with Crippen molar-refractivity contribution in [2.75, 3.05) is 32.1 Å². The number of nitrogens with one attached hydrogen (secondary N) is 2. The van der Waals surface area contributed by atoms with Crippen molar-refractivity contribution < 1.29 is 13.9 Å². The van der Waals surface area contributed by atoms with Crippen LogP contribution in [-0.4, -0.2) is 57.8 Å². The number of H-pyrrole nitrogens is 1. The Bertz CT molecular complexity index is 1400. The van der Waals surface area contributed by atoms with E-state index in [0.29, 0.717) is 29.0 Å². The third-order valence-corrected chi connectivity index (χ3v) is 7.07. The van der Waals surface area contributed by atoms with E-state index in [4.69, 9.17) is 21.1 Å². The molecule has 3 atom stereocenters. The monoisotopic (exact) mass is 508 g/mol. The molecule has 2 N–H and O–H groups in total. The van der Waals surface area contributed by atoms with Crippen LogP contribution >= 0.6 is 11.6 Å². The maximum Gasteiger partial charge on any atom is 0.183 e. The zero-order chi connectivity index (χ0) is 24.6. The van der Waals surface area contributed by atoms with E-state index >= 15 is 0 Å². The van der Waals surface area contributed by atoms with Crippen molar-refractivity contribution in [2.45, 2.75) is 25.2 Å². The number of nitrogens with zero attached hydrogens (tertiary/aromatic N) is 4. The molecule has 186 valence electrons. The van der Waals surface area contributed by atoms with Crippen LogP contribution in [0.1, 0.15) is 24.5 Å². The van der Waals surface area contributed by atoms with Gasteiger partial charge in [0.05, 0.1) is 18.3 Å². The Labute approximate surface area is 212 Å². The van der Waals surface area contributed by atoms with Gasteiger partial charge in [0.1, 0.15) is 23.7 Å². The van der Waals surface area contributed by atoms with Gasteiger partial charge in [0.25, 0.3) is 0 Å². The standard InChI is InChI=1S/C26H26ClFN6O2/c1-35-21-7-3-2-6-17(21)22-26(36-22)34-8-4-5-15(14-34)10-29-25-20(28)13-32-24(33-25)19-12-31-23-18(19)9-16(27)11-30-23/h2-3,6-7,9,11-13,15,22,26H,4-5,8,10,14H2,1H3,(H,30,31)(H,29,32,33). The van der Waals surface area contributed by atoms with Gasteiger partial charge in [-0.25, -0.2) is 19.3 Å². The number of hydrogen-bond acceptors (Lipinski definition) is 7. The van der Waals surface area contributed by atoms with Crippen LogP contribution in [0.2, 0.25) is 5.02 Å². The first kappa shape index (κ1) is 23.1. The van der Waals surface area contributed by atoms with Crippen LogP contribution in [-0.2, 0) is 4.74 Å². The van der Waals surface area contributed by atoms with Crippen LogP contribution < -0.4 is 10.1 Å². The van der Waals surface area contributed by atoms with Crippen molar-refractivity contribution in [3.05, 3.63) is 65.3 Å². The smallest absolute Gasteiger partial charge is 0.183 e. The first-order chi connectivity index (χ1) is 17.6. The lowest BCUT2D eigenvalue weighted by Gasteiger charge is -2.32. The minimum atomic E-state index is -0.482. The van der Waals surface area contributed by atoms with Crippen molar-refractivity contribution in [1.29, 1.82) is 0 Å². The summed E-state index contributed by atoms with van der Waals surface area (Å²) < 4.78 is 26.1. The summed E-state index contributed by atoms with van der Waals surface area (Å²) in [5, 5.41) is 4.52. The summed E-state index contributed by atoms with van der Waals surface area (Å²) >= 11 is 6.12. The molecule has 0 amide bonds. The van der Waals surface area contributed by atoms with Crippen LogP contribution in [0.25, 0.3) is 22.4 Å². The van der Waals surface area contributed by atoms with Crippen LogP contribution in [0.15, 0.2) is 48.9 Å². The highest BCUT2D eigenvalue weighted by atomic mass is 35.5. The van der Waals surface area contributed by atoms with Crippen molar-refractivity contribution in [3.8, 4) is 17.1 Å². The summed E-state index contributed by atoms with van der Waals surface area (Å²) in [4.78, 5) is 18.4. The Morgan fingerprint density at radius 1 is 1.28 bits per heavy atom. The van der Waals surface area contributed by atoms with Gasteiger partial charge in [0.15, 0.2) is 17.5 Å². The summed E-state index contributed by atoms with van der Waals surface area (Å²) in [6, 6.07) is 9.78. The van der Waals surface area contributed by atoms with Crippen LogP contribution in [0.5, 0.6) is 5.75 Å². The van der Waals surface area contributed by atoms with Crippen molar-refractivity contribution in [3.63, 3.8) is 0 Å². The SMILES string of the molecule is COc1ccccc1C1OC1N1CCCC(CNc2nc(-c3c[nH]c4ncc(Cl)cc34)ncc2F)C1. The number of piperidine rings is 1. The van der Waals surface area contributed by atoms with Crippen molar-refractivity contribution in [1.82, 2.24) is 24.8 Å². The molecule has 0 spiro atoms. The number of hydrogen-bond donors (Lipinski definition) is 2. The van der Waals surface area contributed by atoms with Gasteiger partial charge < -0.3 is 19.8 Å². The first-order valence-corrected chi connectivity index (χ1v) is 12.4. The molecule has 2 aliphatic rings. The third kappa shape index (κ3) is 4.50. The normalized spacial score (nSPS) is 22.0. The predicted octanol–water partition coefficient (Wildman–Crippen LogP) is 5.04. The molecule has 2 aliphatic heterocycles. The van der Waals surface area contributed by atoms with E-state index in [0.717, 1.165) is 48.2 Å². The zero-order valence-electron chi connectivity index (χ0n) is 19.7. The molecule has 8 nitrogen and oxygen atoms in total. The lowest BCUT2D eigenvalue weighted by molar-refractivity contribution is 0.118. The Morgan fingerprint density at radius 2 is 2.17 bits per heavy atom. The molecule has 3 aromatic heterocycles. The summed E-state index contributed by atoms with van der Waals surface area (Å²) in [5.74, 6) is 1.31. The fourth-order valence-corrected chi connectivity index (χ4v) is 5.19. The molecular formula is C26H26ClFN6O2. The Kier molecular flexibility index (Phi) is 6.20. The largest absolute Gasteiger partial charge is 0.496 e. The molecule has 0 aliphatic carbocycles. The molecule has 2 fully saturated rings. The number of aromatic amines is 1. The number of anilines is 1. The second kappa shape index (κ2) is 9.65. The van der Waals surface area contributed by atoms with Gasteiger partial charge in [-0.05, 0) is 30.9 Å². The molecule has 0 bridgehead atoms. The van der Waals surface area contributed by atoms with E-state index in [1.54, 1.807) is 25.6 Å². The molecule has 5 heterocycles. The summed E-state index contributed by atoms with van der Waals surface area (Å²) in [7, 11) is 1.68. The highest BCUT2D eigenvalue weighted by Gasteiger charge is 2.47. The summed E-state index contributed by atoms with van der Waals surface area (Å²) in [6.07, 6.45) is 6.72. The topological polar surface area (TPSA) is 91.5 Å². The van der Waals surface area contributed by atoms with Crippen LogP contribution in [0.3, 0.4) is 0 Å². The van der Waals surface area contributed by atoms with Crippen molar-refractivity contribution >= 4 is 28.5 Å². The Hall–Kier alpha value is -3.27. The second-order valence-corrected chi connectivity index (χ2v) is 9.65. The average Bonchev–Trinajstić information content (AvgIpc) is 3.60. The number of benzene rings is 1. The molecule has 4 aromatic rings. The van der Waals surface area contributed by atoms with E-state index in [-0.39, 0.29) is 18.1 Å². The molecule has 2 saturated heterocycles. The van der Waals surface area contributed by atoms with E-state index in [9.17, 15) is 4.39 Å². The minimum Gasteiger partial charge on any atom is -0.496 e. The van der Waals surface area contributed by atoms with Gasteiger partial charge in [0, 0.05) is 48.5 Å². The second-order valence-electron chi connectivity index (χ2n) is 9.22. The van der Waals surface area contributed by atoms with Gasteiger partial charge in [-0.15, -0.1) is 0 Å². The van der Waals surface area contributed by atoms with Crippen LogP contribution in [0.4, 0.5) is 10.2 Å². The number of fused-ring (bicyclic) bond motifs is 1. The summed E-state index contributed by atoms with van der Waals surface area (Å²) in [5.41, 5.74) is 2.47. The lowest BCUT2D eigenvalue weighted by Crippen LogP contribution is -2.40. The number of halogens is 2. The third-order valence-electron chi connectivity index (χ3n) is 6.87. The van der Waals surface area contributed by atoms with E-state index in [2.05, 4.69) is 36.2 Å². The highest BCUT2D eigenvalue weighted by Crippen LogP contribution is 2.45. The van der Waals surface area contributed by atoms with Gasteiger partial charge in [0.2, 0.25) is 0 Å². The molecule has 36 heavy (non-hydrogen) atoms. The lowest BCUT2D eigenvalue weighted by atomic mass is 9.97. The van der Waals surface area contributed by atoms with Gasteiger partial charge >= 0.3 is 0 Å². The number of methoxy groups -OCH3 is 1. The fraction of sp³-hybridized carbons (Fsp3) is 0.346. The minimum absolute atomic E-state index is 0.0221. The average molecular weight is 509 g/mol. The number of rotatable bonds is 7. The molecular weight excluding hydrogens is 483 g/mol. The van der Waals surface area contributed by atoms with E-state index in [1.165, 1.54) is 6.20 Å². The number of likely N-dealkylation sites (tertiary alicyclic amines) is 1. The van der Waals surface area contributed by atoms with Crippen LogP contribution in [0, 0.1) is 11.7 Å². The molecule has 0 radical (unpaired) electrons. The molecule has 1 aromatic carbocycles. The number of pyridine rings is 1. The number of para-hydroxylation sites is 1. The Morgan fingerprint density at radius 3 is 3.06 bits per heavy atom. The molecule has 10 heteroatoms. The van der Waals surface area contributed by atoms with Gasteiger partial charge in [-0.1, -0.05) is 29.8 Å². The quantitative estimate of drug-likeness (QED) is 0.338. The molecule has 6 rings (SSSR count). The number of epoxide rings is 1. The molecule has 3 unspecified atom stereocenters. The predicted molar refractivity (Wildman–Crippen MR) is 135 cm³/mol. The molecule has 0 saturated carbocycles. The van der Waals surface area contributed by atoms with E-state index in [1.807, 2.05) is 18.2 Å². The summed E-state index contributed by atoms with van der Waals surface area (Å²) in [6.45, 7) is 2.46. The van der Waals surface area contributed by atoms with E-state index < -0.39 is 5.82 Å².